The molecule has 1 aromatic carbocycles. The normalized spacial score (nSPS) is 12.8. The highest BCUT2D eigenvalue weighted by Gasteiger charge is 2.18. The van der Waals surface area contributed by atoms with Crippen LogP contribution < -0.4 is 5.32 Å². The van der Waals surface area contributed by atoms with Gasteiger partial charge in [-0.1, -0.05) is 19.8 Å². The molecule has 102 valence electrons. The average Bonchev–Trinajstić information content (AvgIpc) is 2.38. The Kier molecular flexibility index (Phi) is 5.40. The van der Waals surface area contributed by atoms with Crippen molar-refractivity contribution in [3.63, 3.8) is 0 Å². The van der Waals surface area contributed by atoms with Crippen molar-refractivity contribution >= 4 is 0 Å². The Hall–Kier alpha value is -0.820. The predicted molar refractivity (Wildman–Crippen MR) is 81.5 cm³/mol. The number of rotatable bonds is 5. The van der Waals surface area contributed by atoms with E-state index in [4.69, 9.17) is 0 Å². The average molecular weight is 247 g/mol. The van der Waals surface area contributed by atoms with Gasteiger partial charge in [-0.25, -0.2) is 0 Å². The van der Waals surface area contributed by atoms with Gasteiger partial charge in [-0.05, 0) is 81.5 Å². The molecule has 0 spiro atoms. The van der Waals surface area contributed by atoms with Crippen LogP contribution in [0.1, 0.15) is 65.6 Å². The van der Waals surface area contributed by atoms with Gasteiger partial charge in [0.1, 0.15) is 0 Å². The lowest BCUT2D eigenvalue weighted by atomic mass is 9.85. The Morgan fingerprint density at radius 1 is 0.833 bits per heavy atom. The fraction of sp³-hybridized carbons (Fsp3) is 0.647. The molecule has 0 fully saturated rings. The summed E-state index contributed by atoms with van der Waals surface area (Å²) in [5.74, 6) is 0. The molecule has 0 saturated heterocycles. The van der Waals surface area contributed by atoms with E-state index in [1.165, 1.54) is 52.6 Å². The monoisotopic (exact) mass is 247 g/mol. The van der Waals surface area contributed by atoms with E-state index in [9.17, 15) is 0 Å². The van der Waals surface area contributed by atoms with Gasteiger partial charge in [0, 0.05) is 6.04 Å². The summed E-state index contributed by atoms with van der Waals surface area (Å²) in [4.78, 5) is 0. The Morgan fingerprint density at radius 3 is 1.67 bits per heavy atom. The topological polar surface area (TPSA) is 12.0 Å². The number of nitrogens with one attached hydrogen (secondary N) is 1. The van der Waals surface area contributed by atoms with E-state index >= 15 is 0 Å². The Bertz CT molecular complexity index is 389. The largest absolute Gasteiger partial charge is 0.313 e. The summed E-state index contributed by atoms with van der Waals surface area (Å²) in [5.41, 5.74) is 8.87. The highest BCUT2D eigenvalue weighted by molar-refractivity contribution is 5.50. The van der Waals surface area contributed by atoms with Gasteiger partial charge in [0.2, 0.25) is 0 Å². The Morgan fingerprint density at radius 2 is 1.28 bits per heavy atom. The third-order valence-corrected chi connectivity index (χ3v) is 4.60. The van der Waals surface area contributed by atoms with Gasteiger partial charge in [0.15, 0.2) is 0 Å². The molecule has 0 aromatic heterocycles. The standard InChI is InChI=1S/C17H29N/c1-8-9-10-16(18-7)17-14(5)12(3)11(2)13(4)15(17)6/h16,18H,8-10H2,1-7H3. The van der Waals surface area contributed by atoms with Crippen LogP contribution in [0.5, 0.6) is 0 Å². The fourth-order valence-electron chi connectivity index (χ4n) is 2.89. The van der Waals surface area contributed by atoms with E-state index in [0.717, 1.165) is 0 Å². The van der Waals surface area contributed by atoms with E-state index in [1.807, 2.05) is 0 Å². The molecule has 0 aliphatic carbocycles. The van der Waals surface area contributed by atoms with Crippen LogP contribution in [0, 0.1) is 34.6 Å². The van der Waals surface area contributed by atoms with Crippen LogP contribution in [-0.2, 0) is 0 Å². The number of unbranched alkanes of at least 4 members (excludes halogenated alkanes) is 1. The van der Waals surface area contributed by atoms with Crippen molar-refractivity contribution in [1.82, 2.24) is 5.32 Å². The smallest absolute Gasteiger partial charge is 0.0322 e. The molecular weight excluding hydrogens is 218 g/mol. The SMILES string of the molecule is CCCCC(NC)c1c(C)c(C)c(C)c(C)c1C. The number of hydrogen-bond acceptors (Lipinski definition) is 1. The minimum Gasteiger partial charge on any atom is -0.313 e. The minimum absolute atomic E-state index is 0.503. The van der Waals surface area contributed by atoms with Gasteiger partial charge in [0.25, 0.3) is 0 Å². The first-order chi connectivity index (χ1) is 8.45. The predicted octanol–water partition coefficient (Wildman–Crippen LogP) is 4.68. The molecule has 1 heteroatoms. The molecule has 0 radical (unpaired) electrons. The molecule has 1 rings (SSSR count). The van der Waals surface area contributed by atoms with Crippen LogP contribution >= 0.6 is 0 Å². The van der Waals surface area contributed by atoms with Crippen LogP contribution in [0.3, 0.4) is 0 Å². The molecule has 1 atom stereocenters. The lowest BCUT2D eigenvalue weighted by Crippen LogP contribution is -2.20. The summed E-state index contributed by atoms with van der Waals surface area (Å²) in [6.45, 7) is 13.6. The third-order valence-electron chi connectivity index (χ3n) is 4.60. The maximum absolute atomic E-state index is 3.51. The fourth-order valence-corrected chi connectivity index (χ4v) is 2.89. The van der Waals surface area contributed by atoms with Crippen molar-refractivity contribution in [3.05, 3.63) is 33.4 Å². The van der Waals surface area contributed by atoms with Gasteiger partial charge in [-0.15, -0.1) is 0 Å². The molecule has 1 N–H and O–H groups in total. The van der Waals surface area contributed by atoms with Crippen molar-refractivity contribution in [2.24, 2.45) is 0 Å². The van der Waals surface area contributed by atoms with E-state index in [2.05, 4.69) is 53.9 Å². The van der Waals surface area contributed by atoms with Crippen molar-refractivity contribution in [2.75, 3.05) is 7.05 Å². The summed E-state index contributed by atoms with van der Waals surface area (Å²) >= 11 is 0. The highest BCUT2D eigenvalue weighted by Crippen LogP contribution is 2.32. The van der Waals surface area contributed by atoms with Crippen LogP contribution in [0.25, 0.3) is 0 Å². The summed E-state index contributed by atoms with van der Waals surface area (Å²) in [6, 6.07) is 0.503. The van der Waals surface area contributed by atoms with Gasteiger partial charge in [-0.3, -0.25) is 0 Å². The van der Waals surface area contributed by atoms with Crippen molar-refractivity contribution < 1.29 is 0 Å². The molecule has 1 nitrogen and oxygen atoms in total. The lowest BCUT2D eigenvalue weighted by Gasteiger charge is -2.25. The first-order valence-corrected chi connectivity index (χ1v) is 7.19. The second-order valence-corrected chi connectivity index (χ2v) is 5.52. The first-order valence-electron chi connectivity index (χ1n) is 7.19. The van der Waals surface area contributed by atoms with Gasteiger partial charge >= 0.3 is 0 Å². The van der Waals surface area contributed by atoms with Crippen molar-refractivity contribution in [2.45, 2.75) is 66.8 Å². The zero-order valence-electron chi connectivity index (χ0n) is 13.2. The van der Waals surface area contributed by atoms with E-state index in [1.54, 1.807) is 0 Å². The molecule has 0 bridgehead atoms. The van der Waals surface area contributed by atoms with E-state index in [0.29, 0.717) is 6.04 Å². The summed E-state index contributed by atoms with van der Waals surface area (Å²) in [7, 11) is 2.09. The lowest BCUT2D eigenvalue weighted by molar-refractivity contribution is 0.517. The summed E-state index contributed by atoms with van der Waals surface area (Å²) < 4.78 is 0. The highest BCUT2D eigenvalue weighted by atomic mass is 14.9. The molecule has 0 aliphatic heterocycles. The molecular formula is C17H29N. The molecule has 0 saturated carbocycles. The Balaban J connectivity index is 3.30. The maximum Gasteiger partial charge on any atom is 0.0322 e. The van der Waals surface area contributed by atoms with Gasteiger partial charge < -0.3 is 5.32 Å². The van der Waals surface area contributed by atoms with Crippen molar-refractivity contribution in [1.29, 1.82) is 0 Å². The molecule has 0 heterocycles. The third kappa shape index (κ3) is 2.77. The molecule has 0 amide bonds. The van der Waals surface area contributed by atoms with Crippen LogP contribution in [0.2, 0.25) is 0 Å². The van der Waals surface area contributed by atoms with Crippen LogP contribution in [0.15, 0.2) is 0 Å². The number of hydrogen-bond donors (Lipinski definition) is 1. The van der Waals surface area contributed by atoms with Gasteiger partial charge in [-0.2, -0.15) is 0 Å². The molecule has 1 aromatic rings. The zero-order chi connectivity index (χ0) is 13.9. The van der Waals surface area contributed by atoms with E-state index in [-0.39, 0.29) is 0 Å². The zero-order valence-corrected chi connectivity index (χ0v) is 13.2. The number of benzene rings is 1. The first kappa shape index (κ1) is 15.2. The van der Waals surface area contributed by atoms with Crippen LogP contribution in [0.4, 0.5) is 0 Å². The minimum atomic E-state index is 0.503. The van der Waals surface area contributed by atoms with Crippen LogP contribution in [-0.4, -0.2) is 7.05 Å². The molecule has 1 unspecified atom stereocenters. The summed E-state index contributed by atoms with van der Waals surface area (Å²) in [6.07, 6.45) is 3.78. The van der Waals surface area contributed by atoms with E-state index < -0.39 is 0 Å². The second kappa shape index (κ2) is 6.38. The van der Waals surface area contributed by atoms with Gasteiger partial charge in [0.05, 0.1) is 0 Å². The Labute approximate surface area is 113 Å². The molecule has 0 aliphatic rings. The van der Waals surface area contributed by atoms with Crippen molar-refractivity contribution in [3.8, 4) is 0 Å². The quantitative estimate of drug-likeness (QED) is 0.796. The molecule has 18 heavy (non-hydrogen) atoms. The summed E-state index contributed by atoms with van der Waals surface area (Å²) in [5, 5.41) is 3.51. The second-order valence-electron chi connectivity index (χ2n) is 5.52. The maximum atomic E-state index is 3.51.